The topological polar surface area (TPSA) is 41.3 Å². The zero-order valence-electron chi connectivity index (χ0n) is 11.8. The largest absolute Gasteiger partial charge is 0.355 e. The first-order valence-electron chi connectivity index (χ1n) is 7.35. The summed E-state index contributed by atoms with van der Waals surface area (Å²) >= 11 is 1.69. The Bertz CT molecular complexity index is 571. The molecule has 0 amide bonds. The highest BCUT2D eigenvalue weighted by Gasteiger charge is 2.29. The second-order valence-electron chi connectivity index (χ2n) is 5.82. The van der Waals surface area contributed by atoms with Gasteiger partial charge in [0.15, 0.2) is 5.76 Å². The second-order valence-corrected chi connectivity index (χ2v) is 6.77. The first-order chi connectivity index (χ1) is 9.87. The molecule has 2 unspecified atom stereocenters. The minimum atomic E-state index is 0. The Hall–Kier alpha value is -0.880. The molecule has 0 aromatic carbocycles. The lowest BCUT2D eigenvalue weighted by Crippen LogP contribution is -2.35. The lowest BCUT2D eigenvalue weighted by Gasteiger charge is -2.22. The van der Waals surface area contributed by atoms with Crippen LogP contribution in [0.3, 0.4) is 0 Å². The Labute approximate surface area is 134 Å². The van der Waals surface area contributed by atoms with Crippen LogP contribution in [0.25, 0.3) is 10.6 Å². The lowest BCUT2D eigenvalue weighted by atomic mass is 10.1. The third-order valence-corrected chi connectivity index (χ3v) is 5.20. The molecule has 114 valence electrons. The summed E-state index contributed by atoms with van der Waals surface area (Å²) in [5, 5.41) is 10.0. The molecule has 4 heterocycles. The van der Waals surface area contributed by atoms with Crippen molar-refractivity contribution in [1.82, 2.24) is 15.4 Å². The minimum absolute atomic E-state index is 0. The highest BCUT2D eigenvalue weighted by molar-refractivity contribution is 7.13. The molecule has 0 spiro atoms. The Morgan fingerprint density at radius 3 is 3.10 bits per heavy atom. The molecule has 2 aromatic rings. The van der Waals surface area contributed by atoms with Crippen molar-refractivity contribution in [1.29, 1.82) is 0 Å². The molecule has 1 N–H and O–H groups in total. The molecule has 2 aliphatic heterocycles. The number of hydrogen-bond donors (Lipinski definition) is 1. The van der Waals surface area contributed by atoms with Crippen molar-refractivity contribution in [2.75, 3.05) is 13.1 Å². The van der Waals surface area contributed by atoms with Gasteiger partial charge in [0.25, 0.3) is 0 Å². The van der Waals surface area contributed by atoms with Crippen LogP contribution >= 0.6 is 23.7 Å². The molecule has 4 nitrogen and oxygen atoms in total. The zero-order valence-corrected chi connectivity index (χ0v) is 13.5. The summed E-state index contributed by atoms with van der Waals surface area (Å²) < 4.78 is 5.46. The average Bonchev–Trinajstić information content (AvgIpc) is 3.13. The average molecular weight is 326 g/mol. The van der Waals surface area contributed by atoms with E-state index in [1.54, 1.807) is 11.3 Å². The van der Waals surface area contributed by atoms with Gasteiger partial charge in [0.1, 0.15) is 0 Å². The molecule has 2 aliphatic rings. The fraction of sp³-hybridized carbons (Fsp3) is 0.533. The predicted octanol–water partition coefficient (Wildman–Crippen LogP) is 3.15. The van der Waals surface area contributed by atoms with E-state index in [-0.39, 0.29) is 12.4 Å². The fourth-order valence-electron chi connectivity index (χ4n) is 3.31. The summed E-state index contributed by atoms with van der Waals surface area (Å²) in [6.07, 6.45) is 3.93. The van der Waals surface area contributed by atoms with E-state index in [0.29, 0.717) is 6.04 Å². The van der Waals surface area contributed by atoms with E-state index in [4.69, 9.17) is 4.52 Å². The molecule has 2 fully saturated rings. The Balaban J connectivity index is 0.00000132. The van der Waals surface area contributed by atoms with Crippen molar-refractivity contribution in [3.05, 3.63) is 29.3 Å². The van der Waals surface area contributed by atoms with Crippen molar-refractivity contribution in [2.45, 2.75) is 37.9 Å². The van der Waals surface area contributed by atoms with Crippen LogP contribution in [0, 0.1) is 0 Å². The maximum atomic E-state index is 5.46. The van der Waals surface area contributed by atoms with Crippen LogP contribution in [0.4, 0.5) is 0 Å². The van der Waals surface area contributed by atoms with Crippen molar-refractivity contribution in [2.24, 2.45) is 0 Å². The molecular formula is C15H20ClN3OS. The summed E-state index contributed by atoms with van der Waals surface area (Å²) in [4.78, 5) is 3.66. The Morgan fingerprint density at radius 2 is 2.24 bits per heavy atom. The van der Waals surface area contributed by atoms with Crippen LogP contribution in [-0.4, -0.2) is 35.2 Å². The number of hydrogen-bond acceptors (Lipinski definition) is 5. The maximum Gasteiger partial charge on any atom is 0.177 e. The van der Waals surface area contributed by atoms with Gasteiger partial charge in [0.05, 0.1) is 10.6 Å². The van der Waals surface area contributed by atoms with Gasteiger partial charge in [-0.25, -0.2) is 0 Å². The Morgan fingerprint density at radius 1 is 1.33 bits per heavy atom. The number of nitrogens with zero attached hydrogens (tertiary/aromatic N) is 2. The molecule has 0 radical (unpaired) electrons. The molecule has 21 heavy (non-hydrogen) atoms. The van der Waals surface area contributed by atoms with E-state index in [0.717, 1.165) is 42.0 Å². The number of aromatic nitrogens is 1. The second kappa shape index (κ2) is 6.48. The van der Waals surface area contributed by atoms with Crippen molar-refractivity contribution < 1.29 is 4.52 Å². The van der Waals surface area contributed by atoms with E-state index in [9.17, 15) is 0 Å². The van der Waals surface area contributed by atoms with Crippen molar-refractivity contribution in [3.63, 3.8) is 0 Å². The highest BCUT2D eigenvalue weighted by Crippen LogP contribution is 2.26. The molecule has 0 saturated carbocycles. The van der Waals surface area contributed by atoms with Gasteiger partial charge in [-0.05, 0) is 30.7 Å². The van der Waals surface area contributed by atoms with E-state index in [2.05, 4.69) is 32.9 Å². The van der Waals surface area contributed by atoms with E-state index in [1.165, 1.54) is 19.3 Å². The highest BCUT2D eigenvalue weighted by atomic mass is 35.5. The predicted molar refractivity (Wildman–Crippen MR) is 86.9 cm³/mol. The van der Waals surface area contributed by atoms with Crippen molar-refractivity contribution in [3.8, 4) is 10.6 Å². The number of fused-ring (bicyclic) bond motifs is 2. The van der Waals surface area contributed by atoms with Crippen LogP contribution < -0.4 is 5.32 Å². The monoisotopic (exact) mass is 325 g/mol. The number of thiophene rings is 1. The summed E-state index contributed by atoms with van der Waals surface area (Å²) in [6, 6.07) is 7.61. The van der Waals surface area contributed by atoms with Crippen molar-refractivity contribution >= 4 is 23.7 Å². The van der Waals surface area contributed by atoms with Crippen LogP contribution in [0.15, 0.2) is 28.1 Å². The van der Waals surface area contributed by atoms with Gasteiger partial charge in [-0.2, -0.15) is 0 Å². The number of rotatable bonds is 3. The van der Waals surface area contributed by atoms with Gasteiger partial charge < -0.3 is 9.84 Å². The normalized spacial score (nSPS) is 25.5. The van der Waals surface area contributed by atoms with Gasteiger partial charge in [-0.1, -0.05) is 11.2 Å². The van der Waals surface area contributed by atoms with Gasteiger partial charge >= 0.3 is 0 Å². The molecule has 2 atom stereocenters. The fourth-order valence-corrected chi connectivity index (χ4v) is 3.98. The standard InChI is InChI=1S/C15H19N3OS.ClH/c1-2-15(20-7-1)14-8-13(17-19-14)10-18-6-5-11-3-4-12(9-18)16-11;/h1-2,7-8,11-12,16H,3-6,9-10H2;1H. The maximum absolute atomic E-state index is 5.46. The van der Waals surface area contributed by atoms with Gasteiger partial charge in [0.2, 0.25) is 0 Å². The number of halogens is 1. The lowest BCUT2D eigenvalue weighted by molar-refractivity contribution is 0.243. The summed E-state index contributed by atoms with van der Waals surface area (Å²) in [6.45, 7) is 3.20. The minimum Gasteiger partial charge on any atom is -0.355 e. The molecule has 2 aromatic heterocycles. The van der Waals surface area contributed by atoms with Crippen LogP contribution in [0.1, 0.15) is 25.0 Å². The molecule has 6 heteroatoms. The third kappa shape index (κ3) is 3.31. The van der Waals surface area contributed by atoms with Crippen LogP contribution in [-0.2, 0) is 6.54 Å². The van der Waals surface area contributed by atoms with Gasteiger partial charge in [-0.15, -0.1) is 23.7 Å². The first kappa shape index (κ1) is 15.0. The Kier molecular flexibility index (Phi) is 4.64. The molecule has 0 aliphatic carbocycles. The first-order valence-corrected chi connectivity index (χ1v) is 8.23. The zero-order chi connectivity index (χ0) is 13.4. The SMILES string of the molecule is Cl.c1csc(-c2cc(CN3CCC4CCC(C3)N4)no2)c1. The van der Waals surface area contributed by atoms with Crippen LogP contribution in [0.5, 0.6) is 0 Å². The molecule has 4 rings (SSSR count). The van der Waals surface area contributed by atoms with E-state index < -0.39 is 0 Å². The number of nitrogens with one attached hydrogen (secondary N) is 1. The summed E-state index contributed by atoms with van der Waals surface area (Å²) in [5.41, 5.74) is 1.05. The quantitative estimate of drug-likeness (QED) is 0.941. The molecule has 2 saturated heterocycles. The molecular weight excluding hydrogens is 306 g/mol. The van der Waals surface area contributed by atoms with Gasteiger partial charge in [-0.3, -0.25) is 4.90 Å². The van der Waals surface area contributed by atoms with Gasteiger partial charge in [0, 0.05) is 37.8 Å². The van der Waals surface area contributed by atoms with E-state index >= 15 is 0 Å². The van der Waals surface area contributed by atoms with Crippen LogP contribution in [0.2, 0.25) is 0 Å². The molecule has 2 bridgehead atoms. The summed E-state index contributed by atoms with van der Waals surface area (Å²) in [7, 11) is 0. The smallest absolute Gasteiger partial charge is 0.177 e. The van der Waals surface area contributed by atoms with E-state index in [1.807, 2.05) is 6.07 Å². The third-order valence-electron chi connectivity index (χ3n) is 4.32. The summed E-state index contributed by atoms with van der Waals surface area (Å²) in [5.74, 6) is 0.893. The number of likely N-dealkylation sites (tertiary alicyclic amines) is 1.